The van der Waals surface area contributed by atoms with Crippen molar-refractivity contribution >= 4 is 5.91 Å². The van der Waals surface area contributed by atoms with Crippen molar-refractivity contribution in [3.05, 3.63) is 36.4 Å². The topological polar surface area (TPSA) is 59.6 Å². The number of carbonyl (C=O) groups is 1. The highest BCUT2D eigenvalue weighted by atomic mass is 16.5. The molecule has 0 aromatic heterocycles. The molecule has 1 aromatic carbocycles. The number of rotatable bonds is 9. The molecule has 0 saturated heterocycles. The van der Waals surface area contributed by atoms with Crippen molar-refractivity contribution in [2.75, 3.05) is 26.8 Å². The molecular formula is C15H22N2O3. The number of benzene rings is 1. The van der Waals surface area contributed by atoms with Crippen LogP contribution in [0.15, 0.2) is 30.9 Å². The number of hydrogen-bond donors (Lipinski definition) is 2. The predicted octanol–water partition coefficient (Wildman–Crippen LogP) is 1.49. The van der Waals surface area contributed by atoms with Gasteiger partial charge in [-0.1, -0.05) is 12.1 Å². The second-order valence-electron chi connectivity index (χ2n) is 4.13. The third-order valence-electron chi connectivity index (χ3n) is 2.49. The Morgan fingerprint density at radius 2 is 2.15 bits per heavy atom. The molecule has 5 heteroatoms. The molecular weight excluding hydrogens is 256 g/mol. The van der Waals surface area contributed by atoms with E-state index >= 15 is 0 Å². The van der Waals surface area contributed by atoms with Crippen LogP contribution in [0.5, 0.6) is 11.5 Å². The van der Waals surface area contributed by atoms with Crippen molar-refractivity contribution in [3.8, 4) is 11.5 Å². The fourth-order valence-corrected chi connectivity index (χ4v) is 1.63. The molecule has 0 bridgehead atoms. The third kappa shape index (κ3) is 5.32. The first-order valence-electron chi connectivity index (χ1n) is 6.62. The van der Waals surface area contributed by atoms with Crippen molar-refractivity contribution in [3.63, 3.8) is 0 Å². The Morgan fingerprint density at radius 3 is 2.80 bits per heavy atom. The summed E-state index contributed by atoms with van der Waals surface area (Å²) in [5.41, 5.74) is 1.10. The molecule has 0 aliphatic carbocycles. The van der Waals surface area contributed by atoms with Gasteiger partial charge in [0.05, 0.1) is 6.61 Å². The Hall–Kier alpha value is -2.01. The molecule has 0 fully saturated rings. The van der Waals surface area contributed by atoms with E-state index in [1.54, 1.807) is 6.08 Å². The van der Waals surface area contributed by atoms with Crippen LogP contribution in [0, 0.1) is 0 Å². The molecule has 0 spiro atoms. The minimum atomic E-state index is -0.188. The van der Waals surface area contributed by atoms with Crippen LogP contribution in [0.3, 0.4) is 0 Å². The molecule has 0 heterocycles. The van der Waals surface area contributed by atoms with Gasteiger partial charge in [-0.3, -0.25) is 4.79 Å². The highest BCUT2D eigenvalue weighted by Crippen LogP contribution is 2.28. The van der Waals surface area contributed by atoms with Gasteiger partial charge in [-0.15, -0.1) is 6.58 Å². The van der Waals surface area contributed by atoms with Crippen LogP contribution < -0.4 is 20.1 Å². The molecule has 5 nitrogen and oxygen atoms in total. The minimum absolute atomic E-state index is 0.0424. The maximum atomic E-state index is 11.5. The monoisotopic (exact) mass is 278 g/mol. The molecule has 1 aromatic rings. The molecule has 0 aliphatic rings. The third-order valence-corrected chi connectivity index (χ3v) is 2.49. The van der Waals surface area contributed by atoms with Crippen molar-refractivity contribution in [1.29, 1.82) is 0 Å². The smallest absolute Gasteiger partial charge is 0.258 e. The lowest BCUT2D eigenvalue weighted by Crippen LogP contribution is -2.28. The van der Waals surface area contributed by atoms with Crippen molar-refractivity contribution in [2.45, 2.75) is 13.5 Å². The highest BCUT2D eigenvalue weighted by Gasteiger charge is 2.08. The SMILES string of the molecule is C=CCNC(=O)COc1ccc(CNC)cc1OCC. The lowest BCUT2D eigenvalue weighted by molar-refractivity contribution is -0.122. The van der Waals surface area contributed by atoms with Crippen LogP contribution in [0.4, 0.5) is 0 Å². The number of ether oxygens (including phenoxy) is 2. The van der Waals surface area contributed by atoms with E-state index in [0.717, 1.165) is 12.1 Å². The average Bonchev–Trinajstić information content (AvgIpc) is 2.45. The number of hydrogen-bond acceptors (Lipinski definition) is 4. The summed E-state index contributed by atoms with van der Waals surface area (Å²) >= 11 is 0. The highest BCUT2D eigenvalue weighted by molar-refractivity contribution is 5.77. The van der Waals surface area contributed by atoms with Gasteiger partial charge in [-0.05, 0) is 31.7 Å². The summed E-state index contributed by atoms with van der Waals surface area (Å²) in [6.07, 6.45) is 1.62. The molecule has 20 heavy (non-hydrogen) atoms. The van der Waals surface area contributed by atoms with Crippen LogP contribution >= 0.6 is 0 Å². The van der Waals surface area contributed by atoms with Gasteiger partial charge in [0.1, 0.15) is 0 Å². The second-order valence-corrected chi connectivity index (χ2v) is 4.13. The van der Waals surface area contributed by atoms with E-state index in [4.69, 9.17) is 9.47 Å². The van der Waals surface area contributed by atoms with Gasteiger partial charge in [0.15, 0.2) is 18.1 Å². The number of amides is 1. The Bertz CT molecular complexity index is 447. The van der Waals surface area contributed by atoms with E-state index in [1.807, 2.05) is 32.2 Å². The van der Waals surface area contributed by atoms with Crippen LogP contribution in [-0.2, 0) is 11.3 Å². The van der Waals surface area contributed by atoms with E-state index in [2.05, 4.69) is 17.2 Å². The molecule has 0 aliphatic heterocycles. The van der Waals surface area contributed by atoms with Crippen LogP contribution in [0.2, 0.25) is 0 Å². The molecule has 110 valence electrons. The predicted molar refractivity (Wildman–Crippen MR) is 79.1 cm³/mol. The first kappa shape index (κ1) is 16.0. The van der Waals surface area contributed by atoms with Gasteiger partial charge in [0, 0.05) is 13.1 Å². The van der Waals surface area contributed by atoms with E-state index in [-0.39, 0.29) is 12.5 Å². The van der Waals surface area contributed by atoms with Crippen LogP contribution in [0.1, 0.15) is 12.5 Å². The summed E-state index contributed by atoms with van der Waals surface area (Å²) in [5.74, 6) is 1.03. The van der Waals surface area contributed by atoms with Gasteiger partial charge < -0.3 is 20.1 Å². The molecule has 1 amide bonds. The van der Waals surface area contributed by atoms with Crippen LogP contribution in [-0.4, -0.2) is 32.7 Å². The first-order valence-corrected chi connectivity index (χ1v) is 6.62. The normalized spacial score (nSPS) is 9.90. The van der Waals surface area contributed by atoms with Gasteiger partial charge in [0.25, 0.3) is 5.91 Å². The average molecular weight is 278 g/mol. The zero-order chi connectivity index (χ0) is 14.8. The number of carbonyl (C=O) groups excluding carboxylic acids is 1. The Kier molecular flexibility index (Phi) is 7.21. The Balaban J connectivity index is 2.67. The largest absolute Gasteiger partial charge is 0.490 e. The van der Waals surface area contributed by atoms with E-state index < -0.39 is 0 Å². The van der Waals surface area contributed by atoms with Crippen LogP contribution in [0.25, 0.3) is 0 Å². The molecule has 0 saturated carbocycles. The zero-order valence-corrected chi connectivity index (χ0v) is 12.1. The Labute approximate surface area is 120 Å². The zero-order valence-electron chi connectivity index (χ0n) is 12.1. The lowest BCUT2D eigenvalue weighted by atomic mass is 10.2. The summed E-state index contributed by atoms with van der Waals surface area (Å²) in [7, 11) is 1.88. The summed E-state index contributed by atoms with van der Waals surface area (Å²) in [5, 5.41) is 5.73. The fourth-order valence-electron chi connectivity index (χ4n) is 1.63. The minimum Gasteiger partial charge on any atom is -0.490 e. The quantitative estimate of drug-likeness (QED) is 0.672. The summed E-state index contributed by atoms with van der Waals surface area (Å²) < 4.78 is 11.0. The molecule has 2 N–H and O–H groups in total. The first-order chi connectivity index (χ1) is 9.71. The maximum Gasteiger partial charge on any atom is 0.258 e. The fraction of sp³-hybridized carbons (Fsp3) is 0.400. The van der Waals surface area contributed by atoms with Crippen molar-refractivity contribution < 1.29 is 14.3 Å². The standard InChI is InChI=1S/C15H22N2O3/c1-4-8-17-15(18)11-20-13-7-6-12(10-16-3)9-14(13)19-5-2/h4,6-7,9,16H,1,5,8,10-11H2,2-3H3,(H,17,18). The molecule has 1 rings (SSSR count). The van der Waals surface area contributed by atoms with Gasteiger partial charge in [-0.25, -0.2) is 0 Å². The van der Waals surface area contributed by atoms with E-state index in [1.165, 1.54) is 0 Å². The summed E-state index contributed by atoms with van der Waals surface area (Å²) in [6.45, 7) is 7.13. The Morgan fingerprint density at radius 1 is 1.35 bits per heavy atom. The van der Waals surface area contributed by atoms with E-state index in [9.17, 15) is 4.79 Å². The van der Waals surface area contributed by atoms with Gasteiger partial charge in [-0.2, -0.15) is 0 Å². The van der Waals surface area contributed by atoms with Crippen molar-refractivity contribution in [2.24, 2.45) is 0 Å². The molecule has 0 radical (unpaired) electrons. The maximum absolute atomic E-state index is 11.5. The van der Waals surface area contributed by atoms with Crippen molar-refractivity contribution in [1.82, 2.24) is 10.6 Å². The van der Waals surface area contributed by atoms with Gasteiger partial charge >= 0.3 is 0 Å². The van der Waals surface area contributed by atoms with Gasteiger partial charge in [0.2, 0.25) is 0 Å². The van der Waals surface area contributed by atoms with E-state index in [0.29, 0.717) is 24.7 Å². The molecule has 0 atom stereocenters. The summed E-state index contributed by atoms with van der Waals surface area (Å²) in [6, 6.07) is 5.67. The summed E-state index contributed by atoms with van der Waals surface area (Å²) in [4.78, 5) is 11.5. The lowest BCUT2D eigenvalue weighted by Gasteiger charge is -2.13. The number of nitrogens with one attached hydrogen (secondary N) is 2. The molecule has 0 unspecified atom stereocenters. The second kappa shape index (κ2) is 8.98.